The van der Waals surface area contributed by atoms with Crippen LogP contribution in [0.25, 0.3) is 0 Å². The van der Waals surface area contributed by atoms with Gasteiger partial charge in [-0.1, -0.05) is 55.3 Å². The smallest absolute Gasteiger partial charge is 0.253 e. The molecule has 1 aliphatic heterocycles. The second-order valence-electron chi connectivity index (χ2n) is 9.84. The molecule has 2 amide bonds. The van der Waals surface area contributed by atoms with Gasteiger partial charge >= 0.3 is 0 Å². The fraction of sp³-hybridized carbons (Fsp3) is 0.500. The predicted octanol–water partition coefficient (Wildman–Crippen LogP) is 4.20. The molecule has 3 aliphatic rings. The topological polar surface area (TPSA) is 52.7 Å². The van der Waals surface area contributed by atoms with Gasteiger partial charge in [-0.25, -0.2) is 0 Å². The number of aryl methyl sites for hydroxylation is 1. The monoisotopic (exact) mass is 445 g/mol. The predicted molar refractivity (Wildman–Crippen MR) is 130 cm³/mol. The molecule has 1 saturated heterocycles. The Labute approximate surface area is 197 Å². The van der Waals surface area contributed by atoms with Gasteiger partial charge in [0.1, 0.15) is 0 Å². The van der Waals surface area contributed by atoms with Crippen LogP contribution in [0.3, 0.4) is 0 Å². The first-order valence-electron chi connectivity index (χ1n) is 12.7. The Kier molecular flexibility index (Phi) is 6.77. The zero-order chi connectivity index (χ0) is 22.6. The van der Waals surface area contributed by atoms with Gasteiger partial charge in [-0.3, -0.25) is 14.5 Å². The summed E-state index contributed by atoms with van der Waals surface area (Å²) in [4.78, 5) is 30.9. The van der Waals surface area contributed by atoms with E-state index in [9.17, 15) is 9.59 Å². The third-order valence-electron chi connectivity index (χ3n) is 7.82. The van der Waals surface area contributed by atoms with E-state index < -0.39 is 0 Å². The van der Waals surface area contributed by atoms with Crippen molar-refractivity contribution in [3.63, 3.8) is 0 Å². The minimum Gasteiger partial charge on any atom is -0.348 e. The molecule has 0 bridgehead atoms. The zero-order valence-corrected chi connectivity index (χ0v) is 19.4. The van der Waals surface area contributed by atoms with Crippen molar-refractivity contribution in [3.8, 4) is 0 Å². The van der Waals surface area contributed by atoms with Gasteiger partial charge in [-0.05, 0) is 61.3 Å². The average Bonchev–Trinajstić information content (AvgIpc) is 3.39. The van der Waals surface area contributed by atoms with Crippen LogP contribution in [-0.4, -0.2) is 53.8 Å². The van der Waals surface area contributed by atoms with Gasteiger partial charge in [0.05, 0.1) is 12.1 Å². The van der Waals surface area contributed by atoms with Crippen molar-refractivity contribution < 1.29 is 9.59 Å². The number of piperazine rings is 1. The molecule has 5 nitrogen and oxygen atoms in total. The van der Waals surface area contributed by atoms with Crippen molar-refractivity contribution in [1.82, 2.24) is 15.1 Å². The van der Waals surface area contributed by atoms with Crippen molar-refractivity contribution in [2.45, 2.75) is 57.0 Å². The Hall–Kier alpha value is -2.66. The van der Waals surface area contributed by atoms with Crippen LogP contribution in [0.15, 0.2) is 54.6 Å². The van der Waals surface area contributed by atoms with Crippen molar-refractivity contribution in [2.75, 3.05) is 26.2 Å². The molecule has 1 N–H and O–H groups in total. The standard InChI is InChI=1S/C28H35N3O2/c32-27(29-25-16-8-14-21-9-6-7-15-24(21)25)26(22-10-4-5-11-22)30-17-19-31(20-18-30)28(33)23-12-2-1-3-13-23/h1-3,6-7,9,12-13,15,22,25-26H,4-5,8,10-11,14,16-20H2,(H,29,32)/t25-,26+/m1/s1. The van der Waals surface area contributed by atoms with Crippen LogP contribution in [0.1, 0.15) is 66.1 Å². The molecule has 5 heteroatoms. The van der Waals surface area contributed by atoms with E-state index in [-0.39, 0.29) is 23.9 Å². The lowest BCUT2D eigenvalue weighted by atomic mass is 9.87. The maximum atomic E-state index is 13.7. The highest BCUT2D eigenvalue weighted by molar-refractivity contribution is 5.94. The fourth-order valence-corrected chi connectivity index (χ4v) is 6.08. The lowest BCUT2D eigenvalue weighted by Gasteiger charge is -2.41. The SMILES string of the molecule is O=C(N[C@@H]1CCCc2ccccc21)[C@H](C1CCCC1)N1CCN(C(=O)c2ccccc2)CC1. The van der Waals surface area contributed by atoms with Crippen molar-refractivity contribution in [1.29, 1.82) is 0 Å². The van der Waals surface area contributed by atoms with Crippen LogP contribution in [0.2, 0.25) is 0 Å². The molecule has 1 saturated carbocycles. The maximum Gasteiger partial charge on any atom is 0.253 e. The number of hydrogen-bond acceptors (Lipinski definition) is 3. The van der Waals surface area contributed by atoms with Crippen molar-refractivity contribution in [3.05, 3.63) is 71.3 Å². The van der Waals surface area contributed by atoms with Gasteiger partial charge in [-0.2, -0.15) is 0 Å². The molecule has 0 spiro atoms. The third kappa shape index (κ3) is 4.84. The van der Waals surface area contributed by atoms with Crippen LogP contribution in [0.5, 0.6) is 0 Å². The summed E-state index contributed by atoms with van der Waals surface area (Å²) in [7, 11) is 0. The molecule has 2 aromatic rings. The summed E-state index contributed by atoms with van der Waals surface area (Å²) < 4.78 is 0. The van der Waals surface area contributed by atoms with Crippen LogP contribution in [0, 0.1) is 5.92 Å². The summed E-state index contributed by atoms with van der Waals surface area (Å²) in [5.41, 5.74) is 3.41. The quantitative estimate of drug-likeness (QED) is 0.751. The van der Waals surface area contributed by atoms with E-state index in [1.54, 1.807) is 0 Å². The van der Waals surface area contributed by atoms with Gasteiger partial charge in [0.15, 0.2) is 0 Å². The lowest BCUT2D eigenvalue weighted by Crippen LogP contribution is -2.58. The molecule has 0 radical (unpaired) electrons. The summed E-state index contributed by atoms with van der Waals surface area (Å²) in [6.07, 6.45) is 7.92. The van der Waals surface area contributed by atoms with Crippen molar-refractivity contribution in [2.24, 2.45) is 5.92 Å². The number of hydrogen-bond donors (Lipinski definition) is 1. The van der Waals surface area contributed by atoms with E-state index in [2.05, 4.69) is 34.5 Å². The first-order chi connectivity index (χ1) is 16.2. The Morgan fingerprint density at radius 3 is 2.27 bits per heavy atom. The largest absolute Gasteiger partial charge is 0.348 e. The van der Waals surface area contributed by atoms with Crippen molar-refractivity contribution >= 4 is 11.8 Å². The Balaban J connectivity index is 1.27. The highest BCUT2D eigenvalue weighted by Gasteiger charge is 2.38. The number of nitrogens with zero attached hydrogens (tertiary/aromatic N) is 2. The Morgan fingerprint density at radius 2 is 1.52 bits per heavy atom. The molecular formula is C28H35N3O2. The van der Waals surface area contributed by atoms with E-state index in [0.29, 0.717) is 19.0 Å². The summed E-state index contributed by atoms with van der Waals surface area (Å²) in [5, 5.41) is 3.45. The average molecular weight is 446 g/mol. The number of carbonyl (C=O) groups excluding carboxylic acids is 2. The molecule has 2 fully saturated rings. The van der Waals surface area contributed by atoms with Gasteiger partial charge < -0.3 is 10.2 Å². The number of benzene rings is 2. The van der Waals surface area contributed by atoms with Gasteiger partial charge in [0, 0.05) is 31.7 Å². The summed E-state index contributed by atoms with van der Waals surface area (Å²) in [5.74, 6) is 0.697. The molecule has 5 rings (SSSR count). The van der Waals surface area contributed by atoms with Crippen LogP contribution in [-0.2, 0) is 11.2 Å². The van der Waals surface area contributed by atoms with Crippen LogP contribution >= 0.6 is 0 Å². The molecule has 0 unspecified atom stereocenters. The minimum absolute atomic E-state index is 0.0874. The van der Waals surface area contributed by atoms with E-state index >= 15 is 0 Å². The van der Waals surface area contributed by atoms with Gasteiger partial charge in [-0.15, -0.1) is 0 Å². The third-order valence-corrected chi connectivity index (χ3v) is 7.82. The molecule has 0 aromatic heterocycles. The van der Waals surface area contributed by atoms with Gasteiger partial charge in [0.25, 0.3) is 5.91 Å². The summed E-state index contributed by atoms with van der Waals surface area (Å²) >= 11 is 0. The number of amides is 2. The number of carbonyl (C=O) groups is 2. The second kappa shape index (κ2) is 10.1. The van der Waals surface area contributed by atoms with Gasteiger partial charge in [0.2, 0.25) is 5.91 Å². The molecule has 2 aliphatic carbocycles. The normalized spacial score (nSPS) is 22.5. The van der Waals surface area contributed by atoms with Crippen LogP contribution in [0.4, 0.5) is 0 Å². The first-order valence-corrected chi connectivity index (χ1v) is 12.7. The molecule has 1 heterocycles. The summed E-state index contributed by atoms with van der Waals surface area (Å²) in [6.45, 7) is 2.87. The summed E-state index contributed by atoms with van der Waals surface area (Å²) in [6, 6.07) is 18.1. The zero-order valence-electron chi connectivity index (χ0n) is 19.4. The molecule has 33 heavy (non-hydrogen) atoms. The highest BCUT2D eigenvalue weighted by Crippen LogP contribution is 2.33. The molecular weight excluding hydrogens is 410 g/mol. The number of fused-ring (bicyclic) bond motifs is 1. The Morgan fingerprint density at radius 1 is 0.818 bits per heavy atom. The number of nitrogens with one attached hydrogen (secondary N) is 1. The van der Waals surface area contributed by atoms with E-state index in [1.807, 2.05) is 35.2 Å². The molecule has 2 atom stereocenters. The van der Waals surface area contributed by atoms with Crippen LogP contribution < -0.4 is 5.32 Å². The first kappa shape index (κ1) is 22.1. The fourth-order valence-electron chi connectivity index (χ4n) is 6.08. The second-order valence-corrected chi connectivity index (χ2v) is 9.84. The molecule has 2 aromatic carbocycles. The van der Waals surface area contributed by atoms with E-state index in [0.717, 1.165) is 50.8 Å². The highest BCUT2D eigenvalue weighted by atomic mass is 16.2. The minimum atomic E-state index is -0.0874. The lowest BCUT2D eigenvalue weighted by molar-refractivity contribution is -0.130. The Bertz CT molecular complexity index is 962. The van der Waals surface area contributed by atoms with E-state index in [1.165, 1.54) is 24.0 Å². The number of rotatable bonds is 5. The maximum absolute atomic E-state index is 13.7. The molecule has 174 valence electrons. The van der Waals surface area contributed by atoms with E-state index in [4.69, 9.17) is 0 Å².